The maximum atomic E-state index is 14.3. The van der Waals surface area contributed by atoms with Crippen molar-refractivity contribution in [2.24, 2.45) is 5.92 Å². The Balaban J connectivity index is 1.96. The first kappa shape index (κ1) is 29.9. The largest absolute Gasteiger partial charge is 0.493 e. The fourth-order valence-corrected chi connectivity index (χ4v) is 5.33. The number of methoxy groups -OCH3 is 4. The van der Waals surface area contributed by atoms with Crippen LogP contribution in [0.5, 0.6) is 23.0 Å². The molecule has 1 saturated heterocycles. The predicted molar refractivity (Wildman–Crippen MR) is 154 cm³/mol. The van der Waals surface area contributed by atoms with E-state index < -0.39 is 0 Å². The summed E-state index contributed by atoms with van der Waals surface area (Å²) in [5.74, 6) is 2.65. The van der Waals surface area contributed by atoms with Crippen LogP contribution in [0.15, 0.2) is 36.4 Å². The van der Waals surface area contributed by atoms with Crippen molar-refractivity contribution in [3.63, 3.8) is 0 Å². The molecule has 3 rings (SSSR count). The number of carbonyl (C=O) groups excluding carboxylic acids is 1. The first-order chi connectivity index (χ1) is 18.4. The molecule has 0 spiro atoms. The highest BCUT2D eigenvalue weighted by Crippen LogP contribution is 2.35. The zero-order chi connectivity index (χ0) is 27.7. The van der Waals surface area contributed by atoms with Gasteiger partial charge in [0.2, 0.25) is 5.91 Å². The van der Waals surface area contributed by atoms with Crippen LogP contribution in [0.2, 0.25) is 0 Å². The minimum Gasteiger partial charge on any atom is -0.493 e. The molecule has 0 radical (unpaired) electrons. The van der Waals surface area contributed by atoms with E-state index in [4.69, 9.17) is 18.9 Å². The van der Waals surface area contributed by atoms with Gasteiger partial charge in [-0.2, -0.15) is 12.6 Å². The number of benzene rings is 2. The lowest BCUT2D eigenvalue weighted by Crippen LogP contribution is -2.52. The van der Waals surface area contributed by atoms with Crippen LogP contribution in [0.4, 0.5) is 0 Å². The third-order valence-electron chi connectivity index (χ3n) is 7.27. The molecular weight excluding hydrogens is 502 g/mol. The number of hydrogen-bond acceptors (Lipinski definition) is 8. The molecule has 0 saturated carbocycles. The van der Waals surface area contributed by atoms with Crippen LogP contribution in [-0.2, 0) is 17.9 Å². The lowest BCUT2D eigenvalue weighted by atomic mass is 9.96. The van der Waals surface area contributed by atoms with E-state index in [-0.39, 0.29) is 17.9 Å². The Morgan fingerprint density at radius 3 is 1.97 bits per heavy atom. The molecule has 0 unspecified atom stereocenters. The smallest absolute Gasteiger partial charge is 0.240 e. The number of para-hydroxylation sites is 2. The van der Waals surface area contributed by atoms with E-state index >= 15 is 0 Å². The van der Waals surface area contributed by atoms with Gasteiger partial charge in [0.1, 0.15) is 0 Å². The van der Waals surface area contributed by atoms with E-state index in [1.165, 1.54) is 0 Å². The van der Waals surface area contributed by atoms with Gasteiger partial charge in [-0.1, -0.05) is 44.5 Å². The molecule has 1 aliphatic rings. The molecule has 1 aliphatic heterocycles. The molecule has 0 aromatic heterocycles. The maximum absolute atomic E-state index is 14.3. The molecule has 1 fully saturated rings. The van der Waals surface area contributed by atoms with Gasteiger partial charge in [0.25, 0.3) is 0 Å². The van der Waals surface area contributed by atoms with Crippen molar-refractivity contribution in [2.75, 3.05) is 41.5 Å². The summed E-state index contributed by atoms with van der Waals surface area (Å²) in [5, 5.41) is 7.43. The average Bonchev–Trinajstić information content (AvgIpc) is 3.36. The Bertz CT molecular complexity index is 995. The van der Waals surface area contributed by atoms with E-state index in [1.54, 1.807) is 28.4 Å². The molecule has 1 amide bonds. The molecular formula is C29H43N3O5S. The monoisotopic (exact) mass is 545 g/mol. The van der Waals surface area contributed by atoms with Gasteiger partial charge in [-0.3, -0.25) is 4.79 Å². The maximum Gasteiger partial charge on any atom is 0.240 e. The Morgan fingerprint density at radius 1 is 1.00 bits per heavy atom. The van der Waals surface area contributed by atoms with Gasteiger partial charge in [0.05, 0.1) is 34.5 Å². The van der Waals surface area contributed by atoms with Crippen molar-refractivity contribution in [2.45, 2.75) is 57.1 Å². The fourth-order valence-electron chi connectivity index (χ4n) is 4.97. The third kappa shape index (κ3) is 7.27. The zero-order valence-electron chi connectivity index (χ0n) is 23.5. The molecule has 0 bridgehead atoms. The van der Waals surface area contributed by atoms with Crippen LogP contribution in [-0.4, -0.2) is 69.7 Å². The molecule has 1 heterocycles. The summed E-state index contributed by atoms with van der Waals surface area (Å²) in [5.41, 5.74) is 1.72. The van der Waals surface area contributed by atoms with Gasteiger partial charge in [-0.25, -0.2) is 0 Å². The van der Waals surface area contributed by atoms with Gasteiger partial charge in [-0.15, -0.1) is 0 Å². The first-order valence-electron chi connectivity index (χ1n) is 13.2. The second-order valence-electron chi connectivity index (χ2n) is 9.77. The van der Waals surface area contributed by atoms with Crippen LogP contribution in [0.25, 0.3) is 0 Å². The van der Waals surface area contributed by atoms with Crippen molar-refractivity contribution < 1.29 is 23.7 Å². The molecule has 38 heavy (non-hydrogen) atoms. The van der Waals surface area contributed by atoms with Crippen LogP contribution >= 0.6 is 12.6 Å². The molecule has 2 aromatic carbocycles. The van der Waals surface area contributed by atoms with E-state index in [2.05, 4.69) is 37.1 Å². The number of rotatable bonds is 14. The van der Waals surface area contributed by atoms with E-state index in [1.807, 2.05) is 41.3 Å². The normalized spacial score (nSPS) is 18.5. The fraction of sp³-hybridized carbons (Fsp3) is 0.552. The molecule has 210 valence electrons. The number of hydrogen-bond donors (Lipinski definition) is 3. The van der Waals surface area contributed by atoms with Gasteiger partial charge >= 0.3 is 0 Å². The quantitative estimate of drug-likeness (QED) is 0.311. The second-order valence-corrected chi connectivity index (χ2v) is 10.5. The highest BCUT2D eigenvalue weighted by molar-refractivity contribution is 7.81. The molecule has 8 nitrogen and oxygen atoms in total. The van der Waals surface area contributed by atoms with E-state index in [9.17, 15) is 4.79 Å². The van der Waals surface area contributed by atoms with E-state index in [0.717, 1.165) is 30.5 Å². The molecule has 9 heteroatoms. The summed E-state index contributed by atoms with van der Waals surface area (Å²) in [6.45, 7) is 6.51. The number of carbonyl (C=O) groups is 1. The summed E-state index contributed by atoms with van der Waals surface area (Å²) >= 11 is 4.60. The lowest BCUT2D eigenvalue weighted by molar-refractivity contribution is -0.136. The van der Waals surface area contributed by atoms with Crippen molar-refractivity contribution in [1.82, 2.24) is 15.5 Å². The minimum absolute atomic E-state index is 0.0227. The van der Waals surface area contributed by atoms with Crippen molar-refractivity contribution in [3.8, 4) is 23.0 Å². The number of thiol groups is 1. The first-order valence-corrected chi connectivity index (χ1v) is 13.7. The predicted octanol–water partition coefficient (Wildman–Crippen LogP) is 3.91. The minimum atomic E-state index is -0.353. The van der Waals surface area contributed by atoms with Crippen molar-refractivity contribution in [1.29, 1.82) is 0 Å². The summed E-state index contributed by atoms with van der Waals surface area (Å²) < 4.78 is 22.4. The van der Waals surface area contributed by atoms with Crippen LogP contribution in [0.1, 0.15) is 37.8 Å². The molecule has 2 N–H and O–H groups in total. The highest BCUT2D eigenvalue weighted by Gasteiger charge is 2.31. The molecule has 0 aliphatic carbocycles. The van der Waals surface area contributed by atoms with E-state index in [0.29, 0.717) is 53.9 Å². The topological polar surface area (TPSA) is 81.3 Å². The van der Waals surface area contributed by atoms with Crippen LogP contribution in [0, 0.1) is 5.92 Å². The SMILES string of the molecule is CC[C@H](C)[C@H](NC[C@H]1C[C@@H](S)CN1)C(=O)N(Cc1cccc(OC)c1OC)Cc1cccc(OC)c1OC. The average molecular weight is 546 g/mol. The van der Waals surface area contributed by atoms with Gasteiger partial charge in [0, 0.05) is 48.6 Å². The van der Waals surface area contributed by atoms with Crippen molar-refractivity contribution >= 4 is 18.5 Å². The van der Waals surface area contributed by atoms with Crippen LogP contribution in [0.3, 0.4) is 0 Å². The number of ether oxygens (including phenoxy) is 4. The summed E-state index contributed by atoms with van der Waals surface area (Å²) in [6.07, 6.45) is 1.85. The molecule has 4 atom stereocenters. The summed E-state index contributed by atoms with van der Waals surface area (Å²) in [4.78, 5) is 16.2. The highest BCUT2D eigenvalue weighted by atomic mass is 32.1. The number of nitrogens with one attached hydrogen (secondary N) is 2. The number of amides is 1. The standard InChI is InChI=1S/C29H43N3O5S/c1-7-19(2)26(31-15-22-14-23(38)16-30-22)29(33)32(17-20-10-8-12-24(34-3)27(20)36-5)18-21-11-9-13-25(35-4)28(21)37-6/h8-13,19,22-23,26,30-31,38H,7,14-18H2,1-6H3/t19-,22+,23+,26-/m0/s1. The zero-order valence-corrected chi connectivity index (χ0v) is 24.3. The Hall–Kier alpha value is -2.62. The van der Waals surface area contributed by atoms with Crippen molar-refractivity contribution in [3.05, 3.63) is 47.5 Å². The van der Waals surface area contributed by atoms with Crippen LogP contribution < -0.4 is 29.6 Å². The van der Waals surface area contributed by atoms with Gasteiger partial charge < -0.3 is 34.5 Å². The second kappa shape index (κ2) is 14.5. The van der Waals surface area contributed by atoms with Gasteiger partial charge in [-0.05, 0) is 24.5 Å². The Morgan fingerprint density at radius 2 is 1.55 bits per heavy atom. The molecule has 2 aromatic rings. The van der Waals surface area contributed by atoms with Gasteiger partial charge in [0.15, 0.2) is 23.0 Å². The third-order valence-corrected chi connectivity index (χ3v) is 7.66. The Labute approximate surface area is 232 Å². The Kier molecular flexibility index (Phi) is 11.4. The summed E-state index contributed by atoms with van der Waals surface area (Å²) in [6, 6.07) is 11.4. The summed E-state index contributed by atoms with van der Waals surface area (Å²) in [7, 11) is 6.46. The lowest BCUT2D eigenvalue weighted by Gasteiger charge is -2.32. The number of nitrogens with zero attached hydrogens (tertiary/aromatic N) is 1.